The van der Waals surface area contributed by atoms with Gasteiger partial charge in [-0.15, -0.1) is 11.7 Å². The van der Waals surface area contributed by atoms with Crippen molar-refractivity contribution in [3.63, 3.8) is 0 Å². The van der Waals surface area contributed by atoms with E-state index in [-0.39, 0.29) is 16.8 Å². The summed E-state index contributed by atoms with van der Waals surface area (Å²) >= 11 is 1.34. The Morgan fingerprint density at radius 2 is 2.06 bits per heavy atom. The van der Waals surface area contributed by atoms with Crippen molar-refractivity contribution < 1.29 is 14.5 Å². The van der Waals surface area contributed by atoms with Crippen molar-refractivity contribution in [1.29, 1.82) is 0 Å². The third kappa shape index (κ3) is 5.79. The number of hydrogen-bond donors (Lipinski definition) is 0. The average molecular weight is 439 g/mol. The standard InChI is InChI=1S/C22H22N4O4S/c1-3-12-25-21(27)20(14-16-8-10-19(11-9-16)30-4-2)31-22(25)24-23-15-17-6-5-7-18(13-17)26(28)29/h3,5-11,13,15,20H,1,4,12,14H2,2H3/b23-15-,24-22-/t20-/m1/s1. The molecular weight excluding hydrogens is 416 g/mol. The van der Waals surface area contributed by atoms with E-state index in [1.54, 1.807) is 23.1 Å². The number of thioether (sulfide) groups is 1. The predicted molar refractivity (Wildman–Crippen MR) is 123 cm³/mol. The molecule has 1 aliphatic heterocycles. The number of rotatable bonds is 9. The van der Waals surface area contributed by atoms with Gasteiger partial charge in [-0.05, 0) is 31.0 Å². The SMILES string of the molecule is C=CCN1C(=O)[C@@H](Cc2ccc(OCC)cc2)S/C1=N\N=C/c1cccc([N+](=O)[O-])c1. The number of benzene rings is 2. The predicted octanol–water partition coefficient (Wildman–Crippen LogP) is 4.06. The summed E-state index contributed by atoms with van der Waals surface area (Å²) in [6, 6.07) is 13.8. The highest BCUT2D eigenvalue weighted by atomic mass is 32.2. The number of nitro benzene ring substituents is 1. The molecule has 0 N–H and O–H groups in total. The number of carbonyl (C=O) groups excluding carboxylic acids is 1. The first-order valence-corrected chi connectivity index (χ1v) is 10.6. The fourth-order valence-electron chi connectivity index (χ4n) is 2.98. The molecule has 0 saturated carbocycles. The zero-order valence-electron chi connectivity index (χ0n) is 17.0. The van der Waals surface area contributed by atoms with Crippen molar-refractivity contribution in [3.8, 4) is 5.75 Å². The molecule has 0 unspecified atom stereocenters. The number of carbonyl (C=O) groups is 1. The lowest BCUT2D eigenvalue weighted by atomic mass is 10.1. The second-order valence-corrected chi connectivity index (χ2v) is 7.77. The number of nitrogens with zero attached hydrogens (tertiary/aromatic N) is 4. The number of hydrogen-bond acceptors (Lipinski definition) is 7. The van der Waals surface area contributed by atoms with Crippen molar-refractivity contribution in [3.05, 3.63) is 82.4 Å². The van der Waals surface area contributed by atoms with Crippen LogP contribution >= 0.6 is 11.8 Å². The van der Waals surface area contributed by atoms with Gasteiger partial charge in [-0.3, -0.25) is 19.8 Å². The molecule has 0 spiro atoms. The summed E-state index contributed by atoms with van der Waals surface area (Å²) in [4.78, 5) is 24.8. The summed E-state index contributed by atoms with van der Waals surface area (Å²) in [5.74, 6) is 0.741. The Kier molecular flexibility index (Phi) is 7.55. The summed E-state index contributed by atoms with van der Waals surface area (Å²) in [5, 5.41) is 19.3. The number of non-ortho nitro benzene ring substituents is 1. The first kappa shape index (κ1) is 22.2. The number of ether oxygens (including phenoxy) is 1. The van der Waals surface area contributed by atoms with Crippen molar-refractivity contribution in [2.75, 3.05) is 13.2 Å². The van der Waals surface area contributed by atoms with Crippen molar-refractivity contribution >= 4 is 34.7 Å². The number of amides is 1. The molecule has 0 aliphatic carbocycles. The highest BCUT2D eigenvalue weighted by Gasteiger charge is 2.37. The van der Waals surface area contributed by atoms with Gasteiger partial charge in [0.2, 0.25) is 5.91 Å². The Hall–Kier alpha value is -3.46. The second kappa shape index (κ2) is 10.5. The molecule has 0 bridgehead atoms. The molecule has 3 rings (SSSR count). The lowest BCUT2D eigenvalue weighted by molar-refractivity contribution is -0.384. The van der Waals surface area contributed by atoms with E-state index in [4.69, 9.17) is 4.74 Å². The van der Waals surface area contributed by atoms with E-state index in [1.807, 2.05) is 31.2 Å². The van der Waals surface area contributed by atoms with Gasteiger partial charge in [-0.1, -0.05) is 42.1 Å². The van der Waals surface area contributed by atoms with Gasteiger partial charge in [0, 0.05) is 24.2 Å². The summed E-state index contributed by atoms with van der Waals surface area (Å²) in [7, 11) is 0. The molecule has 9 heteroatoms. The molecule has 1 saturated heterocycles. The minimum Gasteiger partial charge on any atom is -0.494 e. The Morgan fingerprint density at radius 3 is 2.74 bits per heavy atom. The zero-order valence-corrected chi connectivity index (χ0v) is 17.8. The van der Waals surface area contributed by atoms with Gasteiger partial charge in [-0.2, -0.15) is 5.10 Å². The van der Waals surface area contributed by atoms with Crippen LogP contribution in [0.5, 0.6) is 5.75 Å². The fourth-order valence-corrected chi connectivity index (χ4v) is 4.12. The maximum atomic E-state index is 12.9. The molecule has 31 heavy (non-hydrogen) atoms. The monoisotopic (exact) mass is 438 g/mol. The lowest BCUT2D eigenvalue weighted by Gasteiger charge is -2.13. The summed E-state index contributed by atoms with van der Waals surface area (Å²) in [5.41, 5.74) is 1.55. The van der Waals surface area contributed by atoms with Gasteiger partial charge in [0.15, 0.2) is 5.17 Å². The minimum atomic E-state index is -0.466. The van der Waals surface area contributed by atoms with Crippen LogP contribution in [0.1, 0.15) is 18.1 Å². The topological polar surface area (TPSA) is 97.4 Å². The van der Waals surface area contributed by atoms with Crippen molar-refractivity contribution in [2.24, 2.45) is 10.2 Å². The molecule has 0 radical (unpaired) electrons. The van der Waals surface area contributed by atoms with Gasteiger partial charge in [-0.25, -0.2) is 0 Å². The number of nitro groups is 1. The smallest absolute Gasteiger partial charge is 0.270 e. The average Bonchev–Trinajstić information content (AvgIpc) is 3.05. The first-order valence-electron chi connectivity index (χ1n) is 9.68. The Balaban J connectivity index is 1.73. The summed E-state index contributed by atoms with van der Waals surface area (Å²) < 4.78 is 5.46. The van der Waals surface area contributed by atoms with Gasteiger partial charge in [0.05, 0.1) is 23.0 Å². The Labute approximate surface area is 184 Å². The fraction of sp³-hybridized carbons (Fsp3) is 0.227. The van der Waals surface area contributed by atoms with E-state index in [0.717, 1.165) is 11.3 Å². The maximum absolute atomic E-state index is 12.9. The normalized spacial score (nSPS) is 17.5. The molecule has 0 aromatic heterocycles. The van der Waals surface area contributed by atoms with Crippen LogP contribution in [0.4, 0.5) is 5.69 Å². The maximum Gasteiger partial charge on any atom is 0.270 e. The molecule has 1 amide bonds. The molecular formula is C22H22N4O4S. The Bertz CT molecular complexity index is 1020. The molecule has 160 valence electrons. The largest absolute Gasteiger partial charge is 0.494 e. The molecule has 2 aromatic carbocycles. The van der Waals surface area contributed by atoms with Crippen LogP contribution in [0.2, 0.25) is 0 Å². The van der Waals surface area contributed by atoms with Crippen molar-refractivity contribution in [1.82, 2.24) is 4.90 Å². The van der Waals surface area contributed by atoms with Crippen LogP contribution in [0.3, 0.4) is 0 Å². The van der Waals surface area contributed by atoms with Crippen LogP contribution in [0.25, 0.3) is 0 Å². The molecule has 2 aromatic rings. The van der Waals surface area contributed by atoms with Gasteiger partial charge >= 0.3 is 0 Å². The quantitative estimate of drug-likeness (QED) is 0.255. The molecule has 1 fully saturated rings. The van der Waals surface area contributed by atoms with Gasteiger partial charge in [0.25, 0.3) is 5.69 Å². The van der Waals surface area contributed by atoms with E-state index in [0.29, 0.717) is 30.3 Å². The summed E-state index contributed by atoms with van der Waals surface area (Å²) in [6.07, 6.45) is 3.62. The minimum absolute atomic E-state index is 0.0225. The van der Waals surface area contributed by atoms with Crippen LogP contribution < -0.4 is 4.74 Å². The van der Waals surface area contributed by atoms with E-state index in [2.05, 4.69) is 16.8 Å². The first-order chi connectivity index (χ1) is 15.0. The Morgan fingerprint density at radius 1 is 1.29 bits per heavy atom. The zero-order chi connectivity index (χ0) is 22.2. The second-order valence-electron chi connectivity index (χ2n) is 6.60. The van der Waals surface area contributed by atoms with E-state index >= 15 is 0 Å². The summed E-state index contributed by atoms with van der Waals surface area (Å²) in [6.45, 7) is 6.57. The van der Waals surface area contributed by atoms with Crippen LogP contribution in [-0.4, -0.2) is 45.5 Å². The van der Waals surface area contributed by atoms with Crippen LogP contribution in [0, 0.1) is 10.1 Å². The van der Waals surface area contributed by atoms with Gasteiger partial charge < -0.3 is 4.74 Å². The lowest BCUT2D eigenvalue weighted by Crippen LogP contribution is -2.32. The molecule has 1 heterocycles. The van der Waals surface area contributed by atoms with E-state index in [1.165, 1.54) is 30.1 Å². The van der Waals surface area contributed by atoms with Crippen LogP contribution in [0.15, 0.2) is 71.4 Å². The van der Waals surface area contributed by atoms with Crippen LogP contribution in [-0.2, 0) is 11.2 Å². The third-order valence-electron chi connectivity index (χ3n) is 4.42. The molecule has 1 atom stereocenters. The third-order valence-corrected chi connectivity index (χ3v) is 5.58. The van der Waals surface area contributed by atoms with E-state index < -0.39 is 4.92 Å². The van der Waals surface area contributed by atoms with E-state index in [9.17, 15) is 14.9 Å². The van der Waals surface area contributed by atoms with Crippen molar-refractivity contribution in [2.45, 2.75) is 18.6 Å². The number of amidine groups is 1. The highest BCUT2D eigenvalue weighted by Crippen LogP contribution is 2.30. The molecule has 8 nitrogen and oxygen atoms in total. The molecule has 1 aliphatic rings. The highest BCUT2D eigenvalue weighted by molar-refractivity contribution is 8.15. The van der Waals surface area contributed by atoms with Gasteiger partial charge in [0.1, 0.15) is 5.75 Å².